The summed E-state index contributed by atoms with van der Waals surface area (Å²) in [6, 6.07) is 7.64. The van der Waals surface area contributed by atoms with Crippen LogP contribution in [0.2, 0.25) is 0 Å². The number of nitrogens with two attached hydrogens (primary N) is 1. The summed E-state index contributed by atoms with van der Waals surface area (Å²) < 4.78 is 38.4. The predicted octanol–water partition coefficient (Wildman–Crippen LogP) is 4.45. The Labute approximate surface area is 119 Å². The number of pyridine rings is 1. The van der Waals surface area contributed by atoms with Crippen molar-refractivity contribution in [2.45, 2.75) is 29.9 Å². The van der Waals surface area contributed by atoms with Crippen LogP contribution in [0.25, 0.3) is 0 Å². The molecule has 0 aliphatic rings. The first-order chi connectivity index (χ1) is 9.25. The Morgan fingerprint density at radius 3 is 2.40 bits per heavy atom. The van der Waals surface area contributed by atoms with Gasteiger partial charge in [-0.05, 0) is 49.7 Å². The lowest BCUT2D eigenvalue weighted by atomic mass is 10.2. The Morgan fingerprint density at radius 1 is 1.10 bits per heavy atom. The molecule has 0 unspecified atom stereocenters. The Hall–Kier alpha value is -1.69. The van der Waals surface area contributed by atoms with Crippen LogP contribution in [0.5, 0.6) is 0 Å². The minimum Gasteiger partial charge on any atom is -0.398 e. The lowest BCUT2D eigenvalue weighted by molar-refractivity contribution is -0.137. The molecule has 106 valence electrons. The van der Waals surface area contributed by atoms with Gasteiger partial charge in [0, 0.05) is 16.3 Å². The lowest BCUT2D eigenvalue weighted by Gasteiger charge is -2.11. The summed E-state index contributed by atoms with van der Waals surface area (Å²) in [7, 11) is 0. The van der Waals surface area contributed by atoms with E-state index < -0.39 is 11.7 Å². The van der Waals surface area contributed by atoms with E-state index in [-0.39, 0.29) is 5.69 Å². The maximum absolute atomic E-state index is 12.8. The van der Waals surface area contributed by atoms with Gasteiger partial charge in [0.2, 0.25) is 0 Å². The Bertz CT molecular complexity index is 619. The molecule has 0 radical (unpaired) electrons. The molecule has 0 saturated carbocycles. The van der Waals surface area contributed by atoms with E-state index in [1.165, 1.54) is 17.8 Å². The standard InChI is InChI=1S/C14H13F3N2S/c1-8-5-9(2)19-13(6-8)20-10-3-4-12(18)11(7-10)14(15,16)17/h3-7H,18H2,1-2H3. The summed E-state index contributed by atoms with van der Waals surface area (Å²) in [5, 5.41) is 0.667. The van der Waals surface area contributed by atoms with Crippen molar-refractivity contribution >= 4 is 17.4 Å². The molecule has 2 N–H and O–H groups in total. The fourth-order valence-electron chi connectivity index (χ4n) is 1.82. The quantitative estimate of drug-likeness (QED) is 0.832. The third kappa shape index (κ3) is 3.45. The van der Waals surface area contributed by atoms with Crippen LogP contribution in [0.1, 0.15) is 16.8 Å². The second-order valence-electron chi connectivity index (χ2n) is 4.47. The van der Waals surface area contributed by atoms with E-state index in [2.05, 4.69) is 4.98 Å². The van der Waals surface area contributed by atoms with Crippen LogP contribution in [-0.2, 0) is 6.18 Å². The maximum Gasteiger partial charge on any atom is 0.418 e. The van der Waals surface area contributed by atoms with Crippen LogP contribution >= 0.6 is 11.8 Å². The fourth-order valence-corrected chi connectivity index (χ4v) is 2.81. The molecule has 0 amide bonds. The molecule has 0 bridgehead atoms. The summed E-state index contributed by atoms with van der Waals surface area (Å²) in [6.07, 6.45) is -4.45. The number of aryl methyl sites for hydroxylation is 2. The smallest absolute Gasteiger partial charge is 0.398 e. The molecule has 0 fully saturated rings. The number of halogens is 3. The minimum atomic E-state index is -4.45. The second-order valence-corrected chi connectivity index (χ2v) is 5.57. The van der Waals surface area contributed by atoms with E-state index in [1.54, 1.807) is 6.07 Å². The molecule has 2 aromatic rings. The molecule has 0 aliphatic carbocycles. The van der Waals surface area contributed by atoms with Gasteiger partial charge in [0.25, 0.3) is 0 Å². The van der Waals surface area contributed by atoms with Crippen molar-refractivity contribution < 1.29 is 13.2 Å². The summed E-state index contributed by atoms with van der Waals surface area (Å²) in [5.41, 5.74) is 6.14. The molecule has 0 atom stereocenters. The number of nitrogens with zero attached hydrogens (tertiary/aromatic N) is 1. The molecule has 6 heteroatoms. The van der Waals surface area contributed by atoms with Gasteiger partial charge >= 0.3 is 6.18 Å². The summed E-state index contributed by atoms with van der Waals surface area (Å²) in [6.45, 7) is 3.77. The molecular formula is C14H13F3N2S. The van der Waals surface area contributed by atoms with E-state index in [9.17, 15) is 13.2 Å². The van der Waals surface area contributed by atoms with Crippen molar-refractivity contribution in [3.63, 3.8) is 0 Å². The number of benzene rings is 1. The molecule has 2 rings (SSSR count). The average Bonchev–Trinajstić information content (AvgIpc) is 2.29. The molecule has 0 aliphatic heterocycles. The van der Waals surface area contributed by atoms with Crippen molar-refractivity contribution in [1.82, 2.24) is 4.98 Å². The Kier molecular flexibility index (Phi) is 3.94. The largest absolute Gasteiger partial charge is 0.418 e. The summed E-state index contributed by atoms with van der Waals surface area (Å²) in [4.78, 5) is 4.76. The van der Waals surface area contributed by atoms with Gasteiger partial charge in [-0.15, -0.1) is 0 Å². The molecule has 2 nitrogen and oxygen atoms in total. The molecule has 0 spiro atoms. The zero-order valence-electron chi connectivity index (χ0n) is 11.0. The number of rotatable bonds is 2. The Balaban J connectivity index is 2.35. The highest BCUT2D eigenvalue weighted by atomic mass is 32.2. The first-order valence-electron chi connectivity index (χ1n) is 5.85. The van der Waals surface area contributed by atoms with E-state index in [0.29, 0.717) is 9.92 Å². The summed E-state index contributed by atoms with van der Waals surface area (Å²) in [5.74, 6) is 0. The first-order valence-corrected chi connectivity index (χ1v) is 6.67. The van der Waals surface area contributed by atoms with Crippen molar-refractivity contribution in [2.75, 3.05) is 5.73 Å². The van der Waals surface area contributed by atoms with Crippen LogP contribution in [-0.4, -0.2) is 4.98 Å². The van der Waals surface area contributed by atoms with Gasteiger partial charge in [0.1, 0.15) is 5.03 Å². The van der Waals surface area contributed by atoms with Crippen LogP contribution < -0.4 is 5.73 Å². The SMILES string of the molecule is Cc1cc(C)nc(Sc2ccc(N)c(C(F)(F)F)c2)c1. The van der Waals surface area contributed by atoms with Gasteiger partial charge in [-0.2, -0.15) is 13.2 Å². The zero-order valence-corrected chi connectivity index (χ0v) is 11.8. The second kappa shape index (κ2) is 5.36. The van der Waals surface area contributed by atoms with Gasteiger partial charge in [0.15, 0.2) is 0 Å². The molecular weight excluding hydrogens is 285 g/mol. The molecule has 1 aromatic carbocycles. The topological polar surface area (TPSA) is 38.9 Å². The normalized spacial score (nSPS) is 11.7. The monoisotopic (exact) mass is 298 g/mol. The van der Waals surface area contributed by atoms with Crippen LogP contribution in [0, 0.1) is 13.8 Å². The zero-order chi connectivity index (χ0) is 14.9. The van der Waals surface area contributed by atoms with Gasteiger partial charge in [-0.25, -0.2) is 4.98 Å². The number of aromatic nitrogens is 1. The first kappa shape index (κ1) is 14.7. The third-order valence-corrected chi connectivity index (χ3v) is 3.53. The number of anilines is 1. The van der Waals surface area contributed by atoms with Gasteiger partial charge in [-0.3, -0.25) is 0 Å². The van der Waals surface area contributed by atoms with Crippen LogP contribution in [0.4, 0.5) is 18.9 Å². The maximum atomic E-state index is 12.8. The van der Waals surface area contributed by atoms with E-state index >= 15 is 0 Å². The summed E-state index contributed by atoms with van der Waals surface area (Å²) >= 11 is 1.19. The minimum absolute atomic E-state index is 0.268. The number of hydrogen-bond acceptors (Lipinski definition) is 3. The third-order valence-electron chi connectivity index (χ3n) is 2.63. The lowest BCUT2D eigenvalue weighted by Crippen LogP contribution is -2.08. The molecule has 20 heavy (non-hydrogen) atoms. The average molecular weight is 298 g/mol. The van der Waals surface area contributed by atoms with Crippen molar-refractivity contribution in [1.29, 1.82) is 0 Å². The van der Waals surface area contributed by atoms with Crippen molar-refractivity contribution in [2.24, 2.45) is 0 Å². The van der Waals surface area contributed by atoms with Gasteiger partial charge in [0.05, 0.1) is 5.56 Å². The fraction of sp³-hybridized carbons (Fsp3) is 0.214. The number of alkyl halides is 3. The Morgan fingerprint density at radius 2 is 1.80 bits per heavy atom. The van der Waals surface area contributed by atoms with Crippen molar-refractivity contribution in [3.05, 3.63) is 47.2 Å². The molecule has 0 saturated heterocycles. The van der Waals surface area contributed by atoms with E-state index in [4.69, 9.17) is 5.73 Å². The van der Waals surface area contributed by atoms with Gasteiger partial charge in [-0.1, -0.05) is 11.8 Å². The molecule has 1 heterocycles. The van der Waals surface area contributed by atoms with Gasteiger partial charge < -0.3 is 5.73 Å². The van der Waals surface area contributed by atoms with E-state index in [0.717, 1.165) is 17.3 Å². The number of hydrogen-bond donors (Lipinski definition) is 1. The van der Waals surface area contributed by atoms with Crippen LogP contribution in [0.3, 0.4) is 0 Å². The molecule has 1 aromatic heterocycles. The van der Waals surface area contributed by atoms with E-state index in [1.807, 2.05) is 26.0 Å². The highest BCUT2D eigenvalue weighted by molar-refractivity contribution is 7.99. The predicted molar refractivity (Wildman–Crippen MR) is 73.7 cm³/mol. The van der Waals surface area contributed by atoms with Crippen LogP contribution in [0.15, 0.2) is 40.3 Å². The van der Waals surface area contributed by atoms with Crippen molar-refractivity contribution in [3.8, 4) is 0 Å². The highest BCUT2D eigenvalue weighted by Gasteiger charge is 2.33. The number of nitrogen functional groups attached to an aromatic ring is 1. The highest BCUT2D eigenvalue weighted by Crippen LogP contribution is 2.37.